The zero-order valence-corrected chi connectivity index (χ0v) is 11.3. The molecule has 1 aromatic carbocycles. The second-order valence-electron chi connectivity index (χ2n) is 4.29. The van der Waals surface area contributed by atoms with Crippen LogP contribution in [0, 0.1) is 0 Å². The lowest BCUT2D eigenvalue weighted by atomic mass is 10.0. The van der Waals surface area contributed by atoms with Crippen LogP contribution in [-0.2, 0) is 19.6 Å². The van der Waals surface area contributed by atoms with Crippen LogP contribution in [0.3, 0.4) is 0 Å². The SMILES string of the molecule is COCCS(=O)(=O)N1CC(C(=O)O)c2ccccc21. The van der Waals surface area contributed by atoms with Crippen molar-refractivity contribution in [2.75, 3.05) is 30.3 Å². The molecule has 0 bridgehead atoms. The van der Waals surface area contributed by atoms with E-state index in [9.17, 15) is 18.3 Å². The van der Waals surface area contributed by atoms with Crippen molar-refractivity contribution in [1.29, 1.82) is 0 Å². The van der Waals surface area contributed by atoms with Crippen LogP contribution >= 0.6 is 0 Å². The van der Waals surface area contributed by atoms with Crippen LogP contribution in [-0.4, -0.2) is 45.5 Å². The van der Waals surface area contributed by atoms with Crippen molar-refractivity contribution in [3.8, 4) is 0 Å². The number of fused-ring (bicyclic) bond motifs is 1. The third-order valence-corrected chi connectivity index (χ3v) is 4.81. The predicted molar refractivity (Wildman–Crippen MR) is 69.8 cm³/mol. The molecule has 0 fully saturated rings. The van der Waals surface area contributed by atoms with Crippen molar-refractivity contribution >= 4 is 21.7 Å². The topological polar surface area (TPSA) is 83.9 Å². The number of anilines is 1. The van der Waals surface area contributed by atoms with Gasteiger partial charge < -0.3 is 9.84 Å². The second kappa shape index (κ2) is 5.18. The number of benzene rings is 1. The van der Waals surface area contributed by atoms with E-state index in [-0.39, 0.29) is 18.9 Å². The van der Waals surface area contributed by atoms with Crippen molar-refractivity contribution in [3.63, 3.8) is 0 Å². The van der Waals surface area contributed by atoms with Gasteiger partial charge in [-0.3, -0.25) is 9.10 Å². The number of carbonyl (C=O) groups is 1. The highest BCUT2D eigenvalue weighted by molar-refractivity contribution is 7.92. The van der Waals surface area contributed by atoms with Gasteiger partial charge in [-0.1, -0.05) is 18.2 Å². The second-order valence-corrected chi connectivity index (χ2v) is 6.30. The van der Waals surface area contributed by atoms with Gasteiger partial charge in [0.15, 0.2) is 0 Å². The Balaban J connectivity index is 2.38. The van der Waals surface area contributed by atoms with Crippen LogP contribution in [0.4, 0.5) is 5.69 Å². The highest BCUT2D eigenvalue weighted by Gasteiger charge is 2.38. The molecular formula is C12H15NO5S. The Morgan fingerprint density at radius 2 is 2.16 bits per heavy atom. The molecule has 0 saturated heterocycles. The van der Waals surface area contributed by atoms with Crippen molar-refractivity contribution < 1.29 is 23.1 Å². The summed E-state index contributed by atoms with van der Waals surface area (Å²) in [4.78, 5) is 11.2. The number of carboxylic acid groups (broad SMARTS) is 1. The maximum Gasteiger partial charge on any atom is 0.312 e. The van der Waals surface area contributed by atoms with Crippen LogP contribution in [0.5, 0.6) is 0 Å². The Hall–Kier alpha value is -1.60. The molecule has 1 atom stereocenters. The molecular weight excluding hydrogens is 270 g/mol. The molecule has 1 unspecified atom stereocenters. The van der Waals surface area contributed by atoms with Crippen molar-refractivity contribution in [3.05, 3.63) is 29.8 Å². The maximum atomic E-state index is 12.2. The lowest BCUT2D eigenvalue weighted by Gasteiger charge is -2.19. The molecule has 19 heavy (non-hydrogen) atoms. The Bertz CT molecular complexity index is 584. The van der Waals surface area contributed by atoms with E-state index >= 15 is 0 Å². The average Bonchev–Trinajstić information content (AvgIpc) is 2.77. The number of para-hydroxylation sites is 1. The van der Waals surface area contributed by atoms with E-state index in [1.807, 2.05) is 0 Å². The van der Waals surface area contributed by atoms with Crippen LogP contribution < -0.4 is 4.31 Å². The first-order chi connectivity index (χ1) is 8.97. The first-order valence-corrected chi connectivity index (χ1v) is 7.39. The largest absolute Gasteiger partial charge is 0.481 e. The summed E-state index contributed by atoms with van der Waals surface area (Å²) in [5.74, 6) is -1.99. The first kappa shape index (κ1) is 13.8. The minimum Gasteiger partial charge on any atom is -0.481 e. The van der Waals surface area contributed by atoms with E-state index in [0.29, 0.717) is 11.3 Å². The Morgan fingerprint density at radius 1 is 1.47 bits per heavy atom. The lowest BCUT2D eigenvalue weighted by molar-refractivity contribution is -0.138. The number of rotatable bonds is 5. The van der Waals surface area contributed by atoms with Crippen molar-refractivity contribution in [2.24, 2.45) is 0 Å². The van der Waals surface area contributed by atoms with Crippen LogP contribution in [0.25, 0.3) is 0 Å². The summed E-state index contributed by atoms with van der Waals surface area (Å²) in [5.41, 5.74) is 0.988. The first-order valence-electron chi connectivity index (χ1n) is 5.78. The summed E-state index contributed by atoms with van der Waals surface area (Å²) in [7, 11) is -2.13. The van der Waals surface area contributed by atoms with E-state index in [1.54, 1.807) is 24.3 Å². The summed E-state index contributed by atoms with van der Waals surface area (Å²) >= 11 is 0. The summed E-state index contributed by atoms with van der Waals surface area (Å²) in [5, 5.41) is 9.17. The zero-order chi connectivity index (χ0) is 14.0. The number of methoxy groups -OCH3 is 1. The predicted octanol–water partition coefficient (Wildman–Crippen LogP) is 0.651. The van der Waals surface area contributed by atoms with E-state index in [2.05, 4.69) is 0 Å². The maximum absolute atomic E-state index is 12.2. The summed E-state index contributed by atoms with van der Waals surface area (Å²) < 4.78 is 30.3. The van der Waals surface area contributed by atoms with Crippen LogP contribution in [0.2, 0.25) is 0 Å². The van der Waals surface area contributed by atoms with Crippen molar-refractivity contribution in [2.45, 2.75) is 5.92 Å². The van der Waals surface area contributed by atoms with Gasteiger partial charge in [0.25, 0.3) is 0 Å². The quantitative estimate of drug-likeness (QED) is 0.858. The van der Waals surface area contributed by atoms with Gasteiger partial charge in [-0.25, -0.2) is 8.42 Å². The van der Waals surface area contributed by atoms with Crippen LogP contribution in [0.15, 0.2) is 24.3 Å². The van der Waals surface area contributed by atoms with E-state index < -0.39 is 21.9 Å². The minimum absolute atomic E-state index is 0.0548. The highest BCUT2D eigenvalue weighted by Crippen LogP contribution is 2.37. The van der Waals surface area contributed by atoms with Crippen molar-refractivity contribution in [1.82, 2.24) is 0 Å². The number of sulfonamides is 1. The van der Waals surface area contributed by atoms with Gasteiger partial charge in [-0.15, -0.1) is 0 Å². The van der Waals surface area contributed by atoms with E-state index in [0.717, 1.165) is 0 Å². The molecule has 1 aromatic rings. The Kier molecular flexibility index (Phi) is 3.77. The summed E-state index contributed by atoms with van der Waals surface area (Å²) in [6.45, 7) is 0.0272. The molecule has 0 spiro atoms. The third-order valence-electron chi connectivity index (χ3n) is 3.11. The number of ether oxygens (including phenoxy) is 1. The van der Waals surface area contributed by atoms with E-state index in [1.165, 1.54) is 11.4 Å². The monoisotopic (exact) mass is 285 g/mol. The molecule has 7 heteroatoms. The number of nitrogens with zero attached hydrogens (tertiary/aromatic N) is 1. The fraction of sp³-hybridized carbons (Fsp3) is 0.417. The fourth-order valence-corrected chi connectivity index (χ4v) is 3.59. The van der Waals surface area contributed by atoms with Gasteiger partial charge in [-0.05, 0) is 11.6 Å². The Morgan fingerprint density at radius 3 is 2.79 bits per heavy atom. The molecule has 0 aliphatic carbocycles. The summed E-state index contributed by atoms with van der Waals surface area (Å²) in [6.07, 6.45) is 0. The molecule has 0 aromatic heterocycles. The van der Waals surface area contributed by atoms with Gasteiger partial charge in [0.1, 0.15) is 5.92 Å². The minimum atomic E-state index is -3.56. The average molecular weight is 285 g/mol. The zero-order valence-electron chi connectivity index (χ0n) is 10.4. The molecule has 1 aliphatic heterocycles. The summed E-state index contributed by atoms with van der Waals surface area (Å²) in [6, 6.07) is 6.69. The standard InChI is InChI=1S/C12H15NO5S/c1-18-6-7-19(16,17)13-8-10(12(14)15)9-4-2-3-5-11(9)13/h2-5,10H,6-8H2,1H3,(H,14,15). The molecule has 0 radical (unpaired) electrons. The molecule has 0 amide bonds. The molecule has 0 saturated carbocycles. The number of hydrogen-bond donors (Lipinski definition) is 1. The number of aliphatic carboxylic acids is 1. The van der Waals surface area contributed by atoms with Crippen LogP contribution in [0.1, 0.15) is 11.5 Å². The Labute approximate surface area is 111 Å². The number of hydrogen-bond acceptors (Lipinski definition) is 4. The van der Waals surface area contributed by atoms with Gasteiger partial charge in [0.2, 0.25) is 10.0 Å². The fourth-order valence-electron chi connectivity index (χ4n) is 2.15. The van der Waals surface area contributed by atoms with Gasteiger partial charge in [0.05, 0.1) is 24.6 Å². The van der Waals surface area contributed by atoms with Gasteiger partial charge in [-0.2, -0.15) is 0 Å². The third kappa shape index (κ3) is 2.57. The van der Waals surface area contributed by atoms with Gasteiger partial charge in [0, 0.05) is 7.11 Å². The lowest BCUT2D eigenvalue weighted by Crippen LogP contribution is -2.34. The molecule has 1 aliphatic rings. The van der Waals surface area contributed by atoms with E-state index in [4.69, 9.17) is 4.74 Å². The highest BCUT2D eigenvalue weighted by atomic mass is 32.2. The number of carboxylic acids is 1. The molecule has 1 N–H and O–H groups in total. The molecule has 1 heterocycles. The molecule has 104 valence electrons. The molecule has 6 nitrogen and oxygen atoms in total. The smallest absolute Gasteiger partial charge is 0.312 e. The normalized spacial score (nSPS) is 18.4. The molecule has 2 rings (SSSR count). The van der Waals surface area contributed by atoms with Gasteiger partial charge >= 0.3 is 5.97 Å².